The molecule has 26 heavy (non-hydrogen) atoms. The van der Waals surface area contributed by atoms with E-state index in [9.17, 15) is 4.79 Å². The number of nitrogens with zero attached hydrogens (tertiary/aromatic N) is 3. The molecule has 0 fully saturated rings. The molecule has 1 atom stereocenters. The van der Waals surface area contributed by atoms with Gasteiger partial charge in [0.2, 0.25) is 5.88 Å². The van der Waals surface area contributed by atoms with Gasteiger partial charge >= 0.3 is 6.16 Å². The van der Waals surface area contributed by atoms with E-state index in [2.05, 4.69) is 9.77 Å². The van der Waals surface area contributed by atoms with E-state index in [0.717, 1.165) is 6.21 Å². The van der Waals surface area contributed by atoms with Crippen LogP contribution in [0.2, 0.25) is 5.02 Å². The maximum Gasteiger partial charge on any atom is 0.506 e. The van der Waals surface area contributed by atoms with E-state index >= 15 is 0 Å². The maximum absolute atomic E-state index is 11.1. The van der Waals surface area contributed by atoms with Crippen LogP contribution < -0.4 is 9.47 Å². The molecule has 0 saturated heterocycles. The van der Waals surface area contributed by atoms with Gasteiger partial charge in [-0.2, -0.15) is 4.79 Å². The molecule has 0 saturated carbocycles. The van der Waals surface area contributed by atoms with Crippen molar-refractivity contribution in [2.75, 3.05) is 13.7 Å². The molecule has 2 rings (SSSR count). The first-order valence-corrected chi connectivity index (χ1v) is 8.12. The Morgan fingerprint density at radius 3 is 2.77 bits per heavy atom. The number of aromatic nitrogens is 1. The Morgan fingerprint density at radius 1 is 1.46 bits per heavy atom. The molecule has 8 nitrogen and oxygen atoms in total. The molecule has 0 spiro atoms. The van der Waals surface area contributed by atoms with Crippen LogP contribution in [0, 0.1) is 5.92 Å². The Kier molecular flexibility index (Phi) is 6.38. The summed E-state index contributed by atoms with van der Waals surface area (Å²) in [4.78, 5) is 18.3. The van der Waals surface area contributed by atoms with Crippen molar-refractivity contribution >= 4 is 34.9 Å². The number of methoxy groups -OCH3 is 1. The van der Waals surface area contributed by atoms with Crippen molar-refractivity contribution in [1.82, 2.24) is 4.98 Å². The molecule has 0 aliphatic carbocycles. The first-order chi connectivity index (χ1) is 12.4. The molecule has 1 aromatic heterocycles. The lowest BCUT2D eigenvalue weighted by Gasteiger charge is -2.22. The highest BCUT2D eigenvalue weighted by molar-refractivity contribution is 6.36. The number of carbonyl (C=O) groups is 1. The zero-order valence-electron chi connectivity index (χ0n) is 14.5. The molecule has 1 N–H and O–H groups in total. The number of pyridine rings is 1. The molecule has 2 aromatic rings. The highest BCUT2D eigenvalue weighted by atomic mass is 35.5. The van der Waals surface area contributed by atoms with Gasteiger partial charge in [-0.3, -0.25) is 0 Å². The van der Waals surface area contributed by atoms with Crippen molar-refractivity contribution in [2.24, 2.45) is 5.92 Å². The molecule has 0 amide bonds. The highest BCUT2D eigenvalue weighted by Crippen LogP contribution is 2.39. The molecule has 0 aliphatic rings. The van der Waals surface area contributed by atoms with Crippen LogP contribution in [-0.2, 0) is 4.74 Å². The first-order valence-electron chi connectivity index (χ1n) is 7.74. The average Bonchev–Trinajstić information content (AvgIpc) is 2.60. The quantitative estimate of drug-likeness (QED) is 0.337. The Morgan fingerprint density at radius 2 is 2.19 bits per heavy atom. The number of rotatable bonds is 7. The lowest BCUT2D eigenvalue weighted by Crippen LogP contribution is -2.16. The Balaban J connectivity index is 2.69. The van der Waals surface area contributed by atoms with Crippen molar-refractivity contribution in [1.29, 1.82) is 0 Å². The van der Waals surface area contributed by atoms with Crippen LogP contribution >= 0.6 is 11.6 Å². The zero-order valence-corrected chi connectivity index (χ0v) is 15.2. The van der Waals surface area contributed by atoms with Crippen molar-refractivity contribution in [3.8, 4) is 11.6 Å². The normalized spacial score (nSPS) is 11.7. The number of benzene rings is 1. The van der Waals surface area contributed by atoms with Crippen molar-refractivity contribution in [3.05, 3.63) is 34.3 Å². The van der Waals surface area contributed by atoms with Crippen LogP contribution in [-0.4, -0.2) is 41.0 Å². The molecule has 9 heteroatoms. The molecule has 1 unspecified atom stereocenters. The average molecular weight is 380 g/mol. The van der Waals surface area contributed by atoms with Crippen LogP contribution in [0.4, 0.5) is 4.79 Å². The second-order valence-corrected chi connectivity index (χ2v) is 6.06. The van der Waals surface area contributed by atoms with E-state index in [0.29, 0.717) is 22.2 Å². The predicted molar refractivity (Wildman–Crippen MR) is 95.2 cm³/mol. The van der Waals surface area contributed by atoms with Gasteiger partial charge in [0.15, 0.2) is 6.61 Å². The Bertz CT molecular complexity index is 865. The smallest absolute Gasteiger partial charge is 0.495 e. The van der Waals surface area contributed by atoms with Crippen LogP contribution in [0.5, 0.6) is 11.6 Å². The summed E-state index contributed by atoms with van der Waals surface area (Å²) >= 11 is 6.37. The third kappa shape index (κ3) is 4.22. The minimum absolute atomic E-state index is 0.0256. The first kappa shape index (κ1) is 19.5. The number of halogens is 1. The van der Waals surface area contributed by atoms with Gasteiger partial charge in [-0.05, 0) is 18.1 Å². The fourth-order valence-electron chi connectivity index (χ4n) is 2.53. The molecule has 1 heterocycles. The van der Waals surface area contributed by atoms with E-state index in [4.69, 9.17) is 36.4 Å². The van der Waals surface area contributed by atoms with Crippen molar-refractivity contribution < 1.29 is 28.9 Å². The second-order valence-electron chi connectivity index (χ2n) is 5.69. The van der Waals surface area contributed by atoms with E-state index in [1.165, 1.54) is 7.11 Å². The SMILES string of the molecule is COc1ccc2c(C(OC(=O)O)C(C)C)cc(OCC=[N+]=[N-])nc2c1Cl. The molecule has 1 aromatic carbocycles. The molecular weight excluding hydrogens is 362 g/mol. The number of hydrogen-bond donors (Lipinski definition) is 1. The molecule has 0 bridgehead atoms. The number of carboxylic acid groups (broad SMARTS) is 1. The Labute approximate surface area is 154 Å². The summed E-state index contributed by atoms with van der Waals surface area (Å²) in [6.07, 6.45) is -0.994. The van der Waals surface area contributed by atoms with Gasteiger partial charge in [0.05, 0.1) is 12.6 Å². The third-order valence-electron chi connectivity index (χ3n) is 3.64. The molecule has 138 valence electrons. The monoisotopic (exact) mass is 379 g/mol. The van der Waals surface area contributed by atoms with Crippen molar-refractivity contribution in [2.45, 2.75) is 20.0 Å². The van der Waals surface area contributed by atoms with Crippen molar-refractivity contribution in [3.63, 3.8) is 0 Å². The van der Waals surface area contributed by atoms with Gasteiger partial charge in [0.25, 0.3) is 6.21 Å². The molecular formula is C17H18ClN3O5. The third-order valence-corrected chi connectivity index (χ3v) is 4.01. The summed E-state index contributed by atoms with van der Waals surface area (Å²) in [6, 6.07) is 5.00. The van der Waals surface area contributed by atoms with Gasteiger partial charge in [0.1, 0.15) is 16.9 Å². The van der Waals surface area contributed by atoms with E-state index < -0.39 is 12.3 Å². The minimum atomic E-state index is -1.39. The molecule has 0 aliphatic heterocycles. The summed E-state index contributed by atoms with van der Waals surface area (Å²) in [5.41, 5.74) is 9.44. The van der Waals surface area contributed by atoms with Crippen LogP contribution in [0.25, 0.3) is 16.4 Å². The predicted octanol–water partition coefficient (Wildman–Crippen LogP) is 3.97. The van der Waals surface area contributed by atoms with E-state index in [1.54, 1.807) is 18.2 Å². The van der Waals surface area contributed by atoms with Gasteiger partial charge in [0, 0.05) is 17.0 Å². The summed E-state index contributed by atoms with van der Waals surface area (Å²) in [5, 5.41) is 9.98. The fraction of sp³-hybridized carbons (Fsp3) is 0.353. The standard InChI is InChI=1S/C17H18ClN3O5/c1-9(2)16(26-17(22)23)11-8-13(25-7-6-20-19)21-15-10(11)4-5-12(24-3)14(15)18/h4-6,8-9,16H,7H2,1-3H3,(H,22,23). The van der Waals surface area contributed by atoms with Crippen LogP contribution in [0.3, 0.4) is 0 Å². The maximum atomic E-state index is 11.1. The number of fused-ring (bicyclic) bond motifs is 1. The van der Waals surface area contributed by atoms with Crippen LogP contribution in [0.1, 0.15) is 25.5 Å². The largest absolute Gasteiger partial charge is 0.506 e. The summed E-state index contributed by atoms with van der Waals surface area (Å²) in [7, 11) is 1.48. The minimum Gasteiger partial charge on any atom is -0.495 e. The highest BCUT2D eigenvalue weighted by Gasteiger charge is 2.25. The number of hydrogen-bond acceptors (Lipinski definition) is 5. The number of ether oxygens (including phenoxy) is 3. The summed E-state index contributed by atoms with van der Waals surface area (Å²) < 4.78 is 15.7. The van der Waals surface area contributed by atoms with Gasteiger partial charge in [-0.15, -0.1) is 0 Å². The van der Waals surface area contributed by atoms with E-state index in [-0.39, 0.29) is 23.4 Å². The van der Waals surface area contributed by atoms with Crippen LogP contribution in [0.15, 0.2) is 18.2 Å². The van der Waals surface area contributed by atoms with Gasteiger partial charge in [-0.1, -0.05) is 25.4 Å². The van der Waals surface area contributed by atoms with Gasteiger partial charge in [-0.25, -0.2) is 9.78 Å². The summed E-state index contributed by atoms with van der Waals surface area (Å²) in [6.45, 7) is 3.65. The zero-order chi connectivity index (χ0) is 19.3. The van der Waals surface area contributed by atoms with E-state index in [1.807, 2.05) is 13.8 Å². The second kappa shape index (κ2) is 8.51. The molecule has 0 radical (unpaired) electrons. The lowest BCUT2D eigenvalue weighted by molar-refractivity contribution is -0.00209. The van der Waals surface area contributed by atoms with Gasteiger partial charge < -0.3 is 24.8 Å². The summed E-state index contributed by atoms with van der Waals surface area (Å²) in [5.74, 6) is 0.457. The Hall–Kier alpha value is -2.83. The fourth-order valence-corrected chi connectivity index (χ4v) is 2.82. The topological polar surface area (TPSA) is 114 Å². The lowest BCUT2D eigenvalue weighted by atomic mass is 9.95.